The molecule has 0 radical (unpaired) electrons. The Morgan fingerprint density at radius 2 is 2.08 bits per heavy atom. The first-order valence-corrected chi connectivity index (χ1v) is 5.17. The highest BCUT2D eigenvalue weighted by Crippen LogP contribution is 2.33. The van der Waals surface area contributed by atoms with Gasteiger partial charge in [0.15, 0.2) is 0 Å². The molecule has 2 heteroatoms. The van der Waals surface area contributed by atoms with Gasteiger partial charge in [0.25, 0.3) is 0 Å². The number of rotatable bonds is 5. The second-order valence-corrected chi connectivity index (χ2v) is 4.18. The van der Waals surface area contributed by atoms with Crippen molar-refractivity contribution in [2.45, 2.75) is 44.2 Å². The topological polar surface area (TPSA) is 21.3 Å². The van der Waals surface area contributed by atoms with Gasteiger partial charge in [-0.05, 0) is 32.2 Å². The van der Waals surface area contributed by atoms with Crippen molar-refractivity contribution < 1.29 is 4.74 Å². The van der Waals surface area contributed by atoms with Crippen molar-refractivity contribution in [1.82, 2.24) is 5.32 Å². The van der Waals surface area contributed by atoms with Crippen LogP contribution in [0.25, 0.3) is 0 Å². The molecule has 70 valence electrons. The largest absolute Gasteiger partial charge is 0.378 e. The van der Waals surface area contributed by atoms with E-state index >= 15 is 0 Å². The number of hydrogen-bond donors (Lipinski definition) is 1. The van der Waals surface area contributed by atoms with Gasteiger partial charge in [0, 0.05) is 12.6 Å². The van der Waals surface area contributed by atoms with E-state index < -0.39 is 0 Å². The van der Waals surface area contributed by atoms with E-state index in [0.29, 0.717) is 6.10 Å². The zero-order chi connectivity index (χ0) is 8.39. The fourth-order valence-corrected chi connectivity index (χ4v) is 1.75. The van der Waals surface area contributed by atoms with Crippen LogP contribution >= 0.6 is 0 Å². The van der Waals surface area contributed by atoms with Gasteiger partial charge in [0.1, 0.15) is 0 Å². The Kier molecular flexibility index (Phi) is 2.66. The van der Waals surface area contributed by atoms with Gasteiger partial charge in [-0.15, -0.1) is 0 Å². The molecule has 2 nitrogen and oxygen atoms in total. The van der Waals surface area contributed by atoms with E-state index in [4.69, 9.17) is 4.74 Å². The van der Waals surface area contributed by atoms with Gasteiger partial charge < -0.3 is 10.1 Å². The summed E-state index contributed by atoms with van der Waals surface area (Å²) in [5.41, 5.74) is 0. The Morgan fingerprint density at radius 1 is 1.33 bits per heavy atom. The molecule has 0 atom stereocenters. The summed E-state index contributed by atoms with van der Waals surface area (Å²) in [7, 11) is 2.03. The van der Waals surface area contributed by atoms with E-state index in [1.807, 2.05) is 7.05 Å². The summed E-state index contributed by atoms with van der Waals surface area (Å²) in [6.07, 6.45) is 7.23. The van der Waals surface area contributed by atoms with Gasteiger partial charge in [0.05, 0.1) is 6.10 Å². The van der Waals surface area contributed by atoms with Crippen LogP contribution in [0.1, 0.15) is 32.1 Å². The average molecular weight is 169 g/mol. The van der Waals surface area contributed by atoms with Crippen molar-refractivity contribution in [2.24, 2.45) is 5.92 Å². The lowest BCUT2D eigenvalue weighted by Crippen LogP contribution is -2.43. The standard InChI is InChI=1S/C10H19NO/c1-11-9-6-10(7-9)12-5-4-8-2-3-8/h8-11H,2-7H2,1H3. The molecule has 0 aromatic carbocycles. The summed E-state index contributed by atoms with van der Waals surface area (Å²) in [5, 5.41) is 3.26. The average Bonchev–Trinajstić information content (AvgIpc) is 2.77. The molecule has 2 aliphatic rings. The minimum Gasteiger partial charge on any atom is -0.378 e. The molecule has 1 N–H and O–H groups in total. The summed E-state index contributed by atoms with van der Waals surface area (Å²) in [5.74, 6) is 1.02. The fourth-order valence-electron chi connectivity index (χ4n) is 1.75. The van der Waals surface area contributed by atoms with Crippen LogP contribution < -0.4 is 5.32 Å². The SMILES string of the molecule is CNC1CC(OCCC2CC2)C1. The first kappa shape index (κ1) is 8.52. The first-order chi connectivity index (χ1) is 5.88. The molecule has 0 heterocycles. The highest BCUT2D eigenvalue weighted by Gasteiger charge is 2.29. The molecule has 2 aliphatic carbocycles. The second-order valence-electron chi connectivity index (χ2n) is 4.18. The smallest absolute Gasteiger partial charge is 0.0604 e. The third-order valence-electron chi connectivity index (χ3n) is 3.08. The van der Waals surface area contributed by atoms with E-state index in [2.05, 4.69) is 5.32 Å². The zero-order valence-corrected chi connectivity index (χ0v) is 7.88. The quantitative estimate of drug-likeness (QED) is 0.674. The highest BCUT2D eigenvalue weighted by atomic mass is 16.5. The number of nitrogens with one attached hydrogen (secondary N) is 1. The Morgan fingerprint density at radius 3 is 2.67 bits per heavy atom. The molecule has 2 rings (SSSR count). The van der Waals surface area contributed by atoms with E-state index in [-0.39, 0.29) is 0 Å². The van der Waals surface area contributed by atoms with Crippen LogP contribution in [-0.2, 0) is 4.74 Å². The van der Waals surface area contributed by atoms with Gasteiger partial charge in [-0.1, -0.05) is 12.8 Å². The summed E-state index contributed by atoms with van der Waals surface area (Å²) in [6, 6.07) is 0.732. The number of ether oxygens (including phenoxy) is 1. The maximum atomic E-state index is 5.72. The Balaban J connectivity index is 1.46. The second kappa shape index (κ2) is 3.75. The van der Waals surface area contributed by atoms with E-state index in [0.717, 1.165) is 18.6 Å². The van der Waals surface area contributed by atoms with Crippen molar-refractivity contribution in [3.63, 3.8) is 0 Å². The van der Waals surface area contributed by atoms with Gasteiger partial charge in [-0.3, -0.25) is 0 Å². The first-order valence-electron chi connectivity index (χ1n) is 5.17. The van der Waals surface area contributed by atoms with Crippen LogP contribution in [0.3, 0.4) is 0 Å². The molecule has 0 saturated heterocycles. The molecule has 2 saturated carbocycles. The van der Waals surface area contributed by atoms with Crippen LogP contribution in [0, 0.1) is 5.92 Å². The van der Waals surface area contributed by atoms with Gasteiger partial charge in [-0.2, -0.15) is 0 Å². The lowest BCUT2D eigenvalue weighted by atomic mass is 9.89. The maximum absolute atomic E-state index is 5.72. The molecule has 0 bridgehead atoms. The predicted octanol–water partition coefficient (Wildman–Crippen LogP) is 1.55. The van der Waals surface area contributed by atoms with E-state index in [9.17, 15) is 0 Å². The van der Waals surface area contributed by atoms with Crippen LogP contribution in [0.2, 0.25) is 0 Å². The molecule has 0 amide bonds. The fraction of sp³-hybridized carbons (Fsp3) is 1.00. The van der Waals surface area contributed by atoms with Gasteiger partial charge in [0.2, 0.25) is 0 Å². The monoisotopic (exact) mass is 169 g/mol. The minimum absolute atomic E-state index is 0.571. The number of hydrogen-bond acceptors (Lipinski definition) is 2. The Hall–Kier alpha value is -0.0800. The van der Waals surface area contributed by atoms with E-state index in [1.165, 1.54) is 32.1 Å². The zero-order valence-electron chi connectivity index (χ0n) is 7.88. The highest BCUT2D eigenvalue weighted by molar-refractivity contribution is 4.85. The molecular weight excluding hydrogens is 150 g/mol. The van der Waals surface area contributed by atoms with Crippen LogP contribution in [0.5, 0.6) is 0 Å². The summed E-state index contributed by atoms with van der Waals surface area (Å²) < 4.78 is 5.72. The molecule has 12 heavy (non-hydrogen) atoms. The summed E-state index contributed by atoms with van der Waals surface area (Å²) >= 11 is 0. The Labute approximate surface area is 74.7 Å². The van der Waals surface area contributed by atoms with Crippen molar-refractivity contribution in [3.8, 4) is 0 Å². The molecule has 2 fully saturated rings. The maximum Gasteiger partial charge on any atom is 0.0604 e. The molecule has 0 aliphatic heterocycles. The molecule has 0 aromatic rings. The molecule has 0 unspecified atom stereocenters. The molecule has 0 spiro atoms. The van der Waals surface area contributed by atoms with E-state index in [1.54, 1.807) is 0 Å². The third kappa shape index (κ3) is 2.20. The lowest BCUT2D eigenvalue weighted by Gasteiger charge is -2.34. The lowest BCUT2D eigenvalue weighted by molar-refractivity contribution is -0.0171. The van der Waals surface area contributed by atoms with Crippen molar-refractivity contribution >= 4 is 0 Å². The Bertz CT molecular complexity index is 139. The molecular formula is C10H19NO. The summed E-state index contributed by atoms with van der Waals surface area (Å²) in [4.78, 5) is 0. The van der Waals surface area contributed by atoms with Gasteiger partial charge in [-0.25, -0.2) is 0 Å². The normalized spacial score (nSPS) is 34.8. The van der Waals surface area contributed by atoms with Crippen molar-refractivity contribution in [3.05, 3.63) is 0 Å². The van der Waals surface area contributed by atoms with Crippen molar-refractivity contribution in [1.29, 1.82) is 0 Å². The molecule has 0 aromatic heterocycles. The summed E-state index contributed by atoms with van der Waals surface area (Å²) in [6.45, 7) is 1.01. The van der Waals surface area contributed by atoms with Crippen molar-refractivity contribution in [2.75, 3.05) is 13.7 Å². The predicted molar refractivity (Wildman–Crippen MR) is 49.2 cm³/mol. The van der Waals surface area contributed by atoms with Gasteiger partial charge >= 0.3 is 0 Å². The third-order valence-corrected chi connectivity index (χ3v) is 3.08. The van der Waals surface area contributed by atoms with Crippen LogP contribution in [0.4, 0.5) is 0 Å². The van der Waals surface area contributed by atoms with Crippen LogP contribution in [-0.4, -0.2) is 25.8 Å². The van der Waals surface area contributed by atoms with Crippen LogP contribution in [0.15, 0.2) is 0 Å². The minimum atomic E-state index is 0.571.